The van der Waals surface area contributed by atoms with Gasteiger partial charge in [-0.2, -0.15) is 0 Å². The second kappa shape index (κ2) is 9.27. The lowest BCUT2D eigenvalue weighted by Crippen LogP contribution is -2.53. The lowest BCUT2D eigenvalue weighted by atomic mass is 9.53. The summed E-state index contributed by atoms with van der Waals surface area (Å²) >= 11 is 1.53. The van der Waals surface area contributed by atoms with Gasteiger partial charge >= 0.3 is 0 Å². The highest BCUT2D eigenvalue weighted by Crippen LogP contribution is 2.57. The summed E-state index contributed by atoms with van der Waals surface area (Å²) in [6.07, 6.45) is 4.23. The molecule has 2 aliphatic heterocycles. The Morgan fingerprint density at radius 2 is 2.00 bits per heavy atom. The molecule has 6 unspecified atom stereocenters. The van der Waals surface area contributed by atoms with Crippen LogP contribution in [0.25, 0.3) is 0 Å². The normalized spacial score (nSPS) is 31.0. The van der Waals surface area contributed by atoms with Gasteiger partial charge in [-0.05, 0) is 67.6 Å². The van der Waals surface area contributed by atoms with Crippen LogP contribution in [0, 0.1) is 23.2 Å². The summed E-state index contributed by atoms with van der Waals surface area (Å²) < 4.78 is 10.7. The molecule has 0 bridgehead atoms. The van der Waals surface area contributed by atoms with Crippen molar-refractivity contribution in [2.45, 2.75) is 64.9 Å². The molecule has 6 rings (SSSR count). The number of amides is 2. The zero-order valence-electron chi connectivity index (χ0n) is 21.7. The van der Waals surface area contributed by atoms with Crippen LogP contribution in [0.2, 0.25) is 0 Å². The molecule has 8 nitrogen and oxygen atoms in total. The van der Waals surface area contributed by atoms with E-state index in [9.17, 15) is 14.7 Å². The Morgan fingerprint density at radius 3 is 2.78 bits per heavy atom. The Morgan fingerprint density at radius 1 is 1.24 bits per heavy atom. The Balaban J connectivity index is 1.20. The van der Waals surface area contributed by atoms with E-state index in [1.54, 1.807) is 18.2 Å². The van der Waals surface area contributed by atoms with Crippen molar-refractivity contribution in [2.24, 2.45) is 23.2 Å². The lowest BCUT2D eigenvalue weighted by Gasteiger charge is -2.53. The molecule has 2 amide bonds. The molecule has 4 aliphatic rings. The number of aromatic nitrogens is 1. The Kier molecular flexibility index (Phi) is 6.18. The first-order valence-electron chi connectivity index (χ1n) is 13.4. The van der Waals surface area contributed by atoms with E-state index in [1.807, 2.05) is 11.8 Å². The molecule has 3 heterocycles. The zero-order valence-corrected chi connectivity index (χ0v) is 22.5. The number of hydrogen-bond acceptors (Lipinski definition) is 7. The number of nitrogens with zero attached hydrogens (tertiary/aromatic N) is 2. The molecule has 1 saturated carbocycles. The van der Waals surface area contributed by atoms with Crippen LogP contribution in [0.5, 0.6) is 11.5 Å². The van der Waals surface area contributed by atoms with Gasteiger partial charge in [0.2, 0.25) is 12.7 Å². The number of anilines is 1. The number of carbonyl (C=O) groups is 2. The number of thiazole rings is 1. The third kappa shape index (κ3) is 4.20. The van der Waals surface area contributed by atoms with Crippen LogP contribution in [0.1, 0.15) is 73.3 Å². The smallest absolute Gasteiger partial charge is 0.257 e. The summed E-state index contributed by atoms with van der Waals surface area (Å²) in [5, 5.41) is 15.2. The Bertz CT molecular complexity index is 1220. The minimum atomic E-state index is -0.558. The van der Waals surface area contributed by atoms with Gasteiger partial charge in [-0.1, -0.05) is 20.8 Å². The predicted molar refractivity (Wildman–Crippen MR) is 140 cm³/mol. The van der Waals surface area contributed by atoms with Crippen LogP contribution in [0.4, 0.5) is 5.13 Å². The molecule has 6 atom stereocenters. The fraction of sp³-hybridized carbons (Fsp3) is 0.607. The average Bonchev–Trinajstić information content (AvgIpc) is 3.63. The van der Waals surface area contributed by atoms with Crippen molar-refractivity contribution < 1.29 is 24.2 Å². The second-order valence-corrected chi connectivity index (χ2v) is 12.6. The molecular formula is C28H35N3O5S. The van der Waals surface area contributed by atoms with Gasteiger partial charge < -0.3 is 19.5 Å². The zero-order chi connectivity index (χ0) is 25.9. The first-order chi connectivity index (χ1) is 17.7. The van der Waals surface area contributed by atoms with Gasteiger partial charge in [-0.15, -0.1) is 11.3 Å². The average molecular weight is 526 g/mol. The maximum Gasteiger partial charge on any atom is 0.257 e. The molecule has 0 radical (unpaired) electrons. The molecule has 1 aromatic carbocycles. The molecule has 1 aromatic heterocycles. The van der Waals surface area contributed by atoms with Gasteiger partial charge in [0, 0.05) is 35.4 Å². The first kappa shape index (κ1) is 24.7. The first-order valence-corrected chi connectivity index (χ1v) is 14.2. The van der Waals surface area contributed by atoms with Crippen molar-refractivity contribution >= 4 is 28.3 Å². The number of ether oxygens (including phenoxy) is 2. The van der Waals surface area contributed by atoms with Crippen LogP contribution in [-0.2, 0) is 11.2 Å². The summed E-state index contributed by atoms with van der Waals surface area (Å²) in [6.45, 7) is 8.26. The molecule has 2 fully saturated rings. The maximum absolute atomic E-state index is 13.1. The number of aliphatic hydroxyl groups is 1. The van der Waals surface area contributed by atoms with Crippen molar-refractivity contribution in [3.63, 3.8) is 0 Å². The number of hydrogen-bond donors (Lipinski definition) is 2. The highest BCUT2D eigenvalue weighted by atomic mass is 32.1. The number of fused-ring (bicyclic) bond motifs is 3. The third-order valence-corrected chi connectivity index (χ3v) is 10.2. The number of rotatable bonds is 4. The van der Waals surface area contributed by atoms with Crippen LogP contribution >= 0.6 is 11.3 Å². The van der Waals surface area contributed by atoms with E-state index in [4.69, 9.17) is 14.5 Å². The molecule has 0 spiro atoms. The molecule has 1 saturated heterocycles. The van der Waals surface area contributed by atoms with Gasteiger partial charge in [0.1, 0.15) is 0 Å². The molecule has 2 aromatic rings. The van der Waals surface area contributed by atoms with Crippen molar-refractivity contribution in [3.8, 4) is 11.5 Å². The quantitative estimate of drug-likeness (QED) is 0.612. The number of nitrogens with one attached hydrogen (secondary N) is 1. The fourth-order valence-electron chi connectivity index (χ4n) is 7.22. The molecule has 9 heteroatoms. The predicted octanol–water partition coefficient (Wildman–Crippen LogP) is 4.44. The van der Waals surface area contributed by atoms with Gasteiger partial charge in [-0.3, -0.25) is 14.9 Å². The second-order valence-electron chi connectivity index (χ2n) is 11.5. The van der Waals surface area contributed by atoms with Gasteiger partial charge in [0.25, 0.3) is 5.91 Å². The Hall–Kier alpha value is -2.65. The topological polar surface area (TPSA) is 101 Å². The van der Waals surface area contributed by atoms with Gasteiger partial charge in [-0.25, -0.2) is 4.98 Å². The van der Waals surface area contributed by atoms with Crippen LogP contribution in [0.3, 0.4) is 0 Å². The summed E-state index contributed by atoms with van der Waals surface area (Å²) in [7, 11) is 0. The SMILES string of the molecule is CC(C(=O)N1CCCC1)C1CCC2(C)Cc3sc(NC(=O)c4ccc5c(c4)OCO5)nc3C(C)C2C1O. The highest BCUT2D eigenvalue weighted by molar-refractivity contribution is 7.15. The largest absolute Gasteiger partial charge is 0.454 e. The molecule has 2 aliphatic carbocycles. The fourth-order valence-corrected chi connectivity index (χ4v) is 8.47. The van der Waals surface area contributed by atoms with E-state index in [-0.39, 0.29) is 47.7 Å². The number of aliphatic hydroxyl groups excluding tert-OH is 1. The van der Waals surface area contributed by atoms with E-state index in [2.05, 4.69) is 19.2 Å². The van der Waals surface area contributed by atoms with Crippen molar-refractivity contribution in [1.82, 2.24) is 9.88 Å². The summed E-state index contributed by atoms with van der Waals surface area (Å²) in [6, 6.07) is 5.14. The lowest BCUT2D eigenvalue weighted by molar-refractivity contribution is -0.143. The summed E-state index contributed by atoms with van der Waals surface area (Å²) in [5.41, 5.74) is 1.39. The molecule has 37 heavy (non-hydrogen) atoms. The van der Waals surface area contributed by atoms with Crippen LogP contribution in [0.15, 0.2) is 18.2 Å². The Labute approximate surface area is 221 Å². The van der Waals surface area contributed by atoms with E-state index in [0.29, 0.717) is 22.2 Å². The molecule has 2 N–H and O–H groups in total. The standard InChI is InChI=1S/C28H35N3O5S/c1-15(26(34)31-10-4-5-11-31)18-8-9-28(3)13-21-23(16(2)22(28)24(18)32)29-27(37-21)30-25(33)17-6-7-19-20(12-17)36-14-35-19/h6-7,12,15-16,18,22,24,32H,4-5,8-11,13-14H2,1-3H3,(H,29,30,33). The molecular weight excluding hydrogens is 490 g/mol. The van der Waals surface area contributed by atoms with Crippen molar-refractivity contribution in [3.05, 3.63) is 34.3 Å². The van der Waals surface area contributed by atoms with Crippen LogP contribution < -0.4 is 14.8 Å². The third-order valence-electron chi connectivity index (χ3n) is 9.23. The van der Waals surface area contributed by atoms with Gasteiger partial charge in [0.05, 0.1) is 11.8 Å². The van der Waals surface area contributed by atoms with Crippen molar-refractivity contribution in [1.29, 1.82) is 0 Å². The van der Waals surface area contributed by atoms with E-state index in [0.717, 1.165) is 50.9 Å². The highest BCUT2D eigenvalue weighted by Gasteiger charge is 2.54. The monoisotopic (exact) mass is 525 g/mol. The number of likely N-dealkylation sites (tertiary alicyclic amines) is 1. The van der Waals surface area contributed by atoms with Gasteiger partial charge in [0.15, 0.2) is 16.6 Å². The minimum absolute atomic E-state index is 0.0205. The minimum Gasteiger partial charge on any atom is -0.454 e. The van der Waals surface area contributed by atoms with E-state index in [1.165, 1.54) is 16.2 Å². The van der Waals surface area contributed by atoms with E-state index < -0.39 is 6.10 Å². The molecule has 198 valence electrons. The van der Waals surface area contributed by atoms with E-state index >= 15 is 0 Å². The summed E-state index contributed by atoms with van der Waals surface area (Å²) in [4.78, 5) is 34.1. The summed E-state index contributed by atoms with van der Waals surface area (Å²) in [5.74, 6) is 0.987. The number of benzene rings is 1. The number of carbonyl (C=O) groups excluding carboxylic acids is 2. The van der Waals surface area contributed by atoms with Crippen molar-refractivity contribution in [2.75, 3.05) is 25.2 Å². The van der Waals surface area contributed by atoms with Crippen LogP contribution in [-0.4, -0.2) is 52.8 Å². The maximum atomic E-state index is 13.1.